The van der Waals surface area contributed by atoms with Gasteiger partial charge in [0.2, 0.25) is 0 Å². The Morgan fingerprint density at radius 3 is 2.55 bits per heavy atom. The van der Waals surface area contributed by atoms with E-state index in [9.17, 15) is 13.6 Å². The molecule has 1 aromatic carbocycles. The molecule has 0 unspecified atom stereocenters. The van der Waals surface area contributed by atoms with E-state index in [1.54, 1.807) is 12.1 Å². The van der Waals surface area contributed by atoms with Crippen LogP contribution in [0.25, 0.3) is 0 Å². The quantitative estimate of drug-likeness (QED) is 0.720. The Morgan fingerprint density at radius 1 is 1.35 bits per heavy atom. The molecule has 0 aromatic heterocycles. The first-order valence-corrected chi connectivity index (χ1v) is 6.57. The normalized spacial score (nSPS) is 11.2. The summed E-state index contributed by atoms with van der Waals surface area (Å²) in [6.07, 6.45) is 1.99. The molecule has 20 heavy (non-hydrogen) atoms. The molecule has 0 aliphatic heterocycles. The SMILES string of the molecule is CCCCOc1ccc(C(=O)NCC(F)(F)CN)cc1. The monoisotopic (exact) mass is 286 g/mol. The molecule has 0 spiro atoms. The molecule has 1 rings (SSSR count). The van der Waals surface area contributed by atoms with Crippen molar-refractivity contribution in [3.63, 3.8) is 0 Å². The molecule has 0 bridgehead atoms. The summed E-state index contributed by atoms with van der Waals surface area (Å²) in [4.78, 5) is 11.7. The molecule has 0 atom stereocenters. The van der Waals surface area contributed by atoms with Gasteiger partial charge in [-0.2, -0.15) is 0 Å². The standard InChI is InChI=1S/C14H20F2N2O2/c1-2-3-8-20-12-6-4-11(5-7-12)13(19)18-10-14(15,16)9-17/h4-7H,2-3,8-10,17H2,1H3,(H,18,19). The summed E-state index contributed by atoms with van der Waals surface area (Å²) in [6, 6.07) is 6.37. The number of carbonyl (C=O) groups excluding carboxylic acids is 1. The lowest BCUT2D eigenvalue weighted by atomic mass is 10.2. The topological polar surface area (TPSA) is 64.3 Å². The van der Waals surface area contributed by atoms with E-state index in [4.69, 9.17) is 10.5 Å². The third-order valence-electron chi connectivity index (χ3n) is 2.69. The van der Waals surface area contributed by atoms with E-state index >= 15 is 0 Å². The van der Waals surface area contributed by atoms with Gasteiger partial charge in [0, 0.05) is 5.56 Å². The van der Waals surface area contributed by atoms with Gasteiger partial charge in [-0.05, 0) is 30.7 Å². The summed E-state index contributed by atoms with van der Waals surface area (Å²) in [5.74, 6) is -2.99. The second-order valence-electron chi connectivity index (χ2n) is 4.47. The number of amides is 1. The lowest BCUT2D eigenvalue weighted by molar-refractivity contribution is 0.0118. The molecule has 0 saturated carbocycles. The maximum Gasteiger partial charge on any atom is 0.277 e. The van der Waals surface area contributed by atoms with E-state index in [-0.39, 0.29) is 0 Å². The Bertz CT molecular complexity index is 422. The van der Waals surface area contributed by atoms with Crippen molar-refractivity contribution in [2.24, 2.45) is 5.73 Å². The van der Waals surface area contributed by atoms with E-state index in [1.165, 1.54) is 12.1 Å². The highest BCUT2D eigenvalue weighted by Gasteiger charge is 2.27. The van der Waals surface area contributed by atoms with Gasteiger partial charge in [-0.15, -0.1) is 0 Å². The lowest BCUT2D eigenvalue weighted by Crippen LogP contribution is -2.41. The van der Waals surface area contributed by atoms with Gasteiger partial charge in [0.1, 0.15) is 5.75 Å². The first-order valence-electron chi connectivity index (χ1n) is 6.57. The molecule has 1 amide bonds. The van der Waals surface area contributed by atoms with Crippen LogP contribution in [-0.4, -0.2) is 31.5 Å². The number of rotatable bonds is 8. The van der Waals surface area contributed by atoms with Gasteiger partial charge in [-0.3, -0.25) is 4.79 Å². The third kappa shape index (κ3) is 5.52. The van der Waals surface area contributed by atoms with Crippen LogP contribution in [0.15, 0.2) is 24.3 Å². The molecule has 4 nitrogen and oxygen atoms in total. The van der Waals surface area contributed by atoms with Gasteiger partial charge < -0.3 is 15.8 Å². The average molecular weight is 286 g/mol. The van der Waals surface area contributed by atoms with Crippen molar-refractivity contribution in [3.8, 4) is 5.75 Å². The van der Waals surface area contributed by atoms with Gasteiger partial charge in [0.05, 0.1) is 19.7 Å². The summed E-state index contributed by atoms with van der Waals surface area (Å²) >= 11 is 0. The molecule has 0 aliphatic rings. The molecule has 0 heterocycles. The fourth-order valence-electron chi connectivity index (χ4n) is 1.42. The molecule has 6 heteroatoms. The number of benzene rings is 1. The van der Waals surface area contributed by atoms with Crippen LogP contribution >= 0.6 is 0 Å². The van der Waals surface area contributed by atoms with E-state index in [2.05, 4.69) is 12.2 Å². The zero-order chi connectivity index (χ0) is 15.0. The van der Waals surface area contributed by atoms with Crippen molar-refractivity contribution >= 4 is 5.91 Å². The van der Waals surface area contributed by atoms with Crippen LogP contribution in [0.1, 0.15) is 30.1 Å². The van der Waals surface area contributed by atoms with Crippen molar-refractivity contribution in [2.75, 3.05) is 19.7 Å². The Morgan fingerprint density at radius 2 is 2.00 bits per heavy atom. The predicted octanol–water partition coefficient (Wildman–Crippen LogP) is 2.19. The minimum Gasteiger partial charge on any atom is -0.494 e. The van der Waals surface area contributed by atoms with Crippen LogP contribution in [0.5, 0.6) is 5.75 Å². The maximum atomic E-state index is 12.9. The number of carbonyl (C=O) groups is 1. The van der Waals surface area contributed by atoms with Crippen LogP contribution in [0, 0.1) is 0 Å². The number of nitrogens with two attached hydrogens (primary N) is 1. The van der Waals surface area contributed by atoms with Gasteiger partial charge in [0.25, 0.3) is 11.8 Å². The van der Waals surface area contributed by atoms with Gasteiger partial charge in [-0.25, -0.2) is 8.78 Å². The third-order valence-corrected chi connectivity index (χ3v) is 2.69. The van der Waals surface area contributed by atoms with Crippen molar-refractivity contribution in [3.05, 3.63) is 29.8 Å². The maximum absolute atomic E-state index is 12.9. The first-order chi connectivity index (χ1) is 9.48. The van der Waals surface area contributed by atoms with Gasteiger partial charge in [-0.1, -0.05) is 13.3 Å². The fraction of sp³-hybridized carbons (Fsp3) is 0.500. The van der Waals surface area contributed by atoms with Crippen molar-refractivity contribution < 1.29 is 18.3 Å². The molecule has 0 radical (unpaired) electrons. The summed E-state index contributed by atoms with van der Waals surface area (Å²) in [5.41, 5.74) is 5.20. The smallest absolute Gasteiger partial charge is 0.277 e. The molecule has 112 valence electrons. The van der Waals surface area contributed by atoms with Gasteiger partial charge >= 0.3 is 0 Å². The van der Waals surface area contributed by atoms with Crippen molar-refractivity contribution in [2.45, 2.75) is 25.7 Å². The van der Waals surface area contributed by atoms with E-state index in [0.29, 0.717) is 17.9 Å². The molecule has 0 saturated heterocycles. The van der Waals surface area contributed by atoms with Crippen LogP contribution in [0.2, 0.25) is 0 Å². The second kappa shape index (κ2) is 7.79. The van der Waals surface area contributed by atoms with Crippen LogP contribution in [-0.2, 0) is 0 Å². The Labute approximate surface area is 117 Å². The Kier molecular flexibility index (Phi) is 6.38. The van der Waals surface area contributed by atoms with Crippen LogP contribution < -0.4 is 15.8 Å². The molecular formula is C14H20F2N2O2. The van der Waals surface area contributed by atoms with E-state index < -0.39 is 24.9 Å². The Balaban J connectivity index is 2.49. The second-order valence-corrected chi connectivity index (χ2v) is 4.47. The highest BCUT2D eigenvalue weighted by atomic mass is 19.3. The molecule has 1 aromatic rings. The van der Waals surface area contributed by atoms with Crippen LogP contribution in [0.3, 0.4) is 0 Å². The summed E-state index contributed by atoms with van der Waals surface area (Å²) < 4.78 is 31.3. The van der Waals surface area contributed by atoms with E-state index in [1.807, 2.05) is 0 Å². The molecule has 0 fully saturated rings. The largest absolute Gasteiger partial charge is 0.494 e. The highest BCUT2D eigenvalue weighted by Crippen LogP contribution is 2.13. The minimum atomic E-state index is -3.08. The van der Waals surface area contributed by atoms with Crippen molar-refractivity contribution in [1.29, 1.82) is 0 Å². The fourth-order valence-corrected chi connectivity index (χ4v) is 1.42. The molecule has 3 N–H and O–H groups in total. The summed E-state index contributed by atoms with van der Waals surface area (Å²) in [7, 11) is 0. The number of unbranched alkanes of at least 4 members (excludes halogenated alkanes) is 1. The minimum absolute atomic E-state index is 0.306. The highest BCUT2D eigenvalue weighted by molar-refractivity contribution is 5.94. The van der Waals surface area contributed by atoms with Crippen LogP contribution in [0.4, 0.5) is 8.78 Å². The van der Waals surface area contributed by atoms with E-state index in [0.717, 1.165) is 12.8 Å². The number of hydrogen-bond donors (Lipinski definition) is 2. The summed E-state index contributed by atoms with van der Waals surface area (Å²) in [6.45, 7) is 1.12. The number of nitrogens with one attached hydrogen (secondary N) is 1. The predicted molar refractivity (Wildman–Crippen MR) is 73.2 cm³/mol. The lowest BCUT2D eigenvalue weighted by Gasteiger charge is -2.14. The first kappa shape index (κ1) is 16.4. The number of hydrogen-bond acceptors (Lipinski definition) is 3. The number of ether oxygens (including phenoxy) is 1. The number of alkyl halides is 2. The van der Waals surface area contributed by atoms with Gasteiger partial charge in [0.15, 0.2) is 0 Å². The van der Waals surface area contributed by atoms with Crippen molar-refractivity contribution in [1.82, 2.24) is 5.32 Å². The molecule has 0 aliphatic carbocycles. The summed E-state index contributed by atoms with van der Waals surface area (Å²) in [5, 5.41) is 2.15. The zero-order valence-electron chi connectivity index (χ0n) is 11.5. The zero-order valence-corrected chi connectivity index (χ0v) is 11.5. The molecular weight excluding hydrogens is 266 g/mol. The Hall–Kier alpha value is -1.69. The average Bonchev–Trinajstić information content (AvgIpc) is 2.46. The number of halogens is 2.